The minimum Gasteiger partial charge on any atom is -0.370 e. The summed E-state index contributed by atoms with van der Waals surface area (Å²) >= 11 is 10.2. The molecule has 0 amide bonds. The lowest BCUT2D eigenvalue weighted by atomic mass is 10.2. The highest BCUT2D eigenvalue weighted by Crippen LogP contribution is 2.23. The SMILES string of the molecule is S=C1NCCCCCNC(=S)SS1. The first kappa shape index (κ1) is 11.6. The van der Waals surface area contributed by atoms with Gasteiger partial charge in [-0.25, -0.2) is 0 Å². The highest BCUT2D eigenvalue weighted by molar-refractivity contribution is 8.89. The molecule has 1 fully saturated rings. The Morgan fingerprint density at radius 3 is 1.77 bits per heavy atom. The molecule has 0 radical (unpaired) electrons. The smallest absolute Gasteiger partial charge is 0.144 e. The van der Waals surface area contributed by atoms with E-state index < -0.39 is 0 Å². The average molecular weight is 252 g/mol. The summed E-state index contributed by atoms with van der Waals surface area (Å²) < 4.78 is 1.66. The third-order valence-electron chi connectivity index (χ3n) is 1.59. The van der Waals surface area contributed by atoms with Gasteiger partial charge in [-0.3, -0.25) is 0 Å². The molecule has 0 aromatic rings. The van der Waals surface area contributed by atoms with Crippen molar-refractivity contribution in [2.24, 2.45) is 0 Å². The van der Waals surface area contributed by atoms with Crippen molar-refractivity contribution >= 4 is 54.7 Å². The van der Waals surface area contributed by atoms with Gasteiger partial charge in [0.05, 0.1) is 0 Å². The first-order valence-corrected chi connectivity index (χ1v) is 7.16. The Bertz CT molecular complexity index is 175. The summed E-state index contributed by atoms with van der Waals surface area (Å²) in [6, 6.07) is 0. The lowest BCUT2D eigenvalue weighted by Gasteiger charge is -2.05. The second-order valence-corrected chi connectivity index (χ2v) is 6.14. The summed E-state index contributed by atoms with van der Waals surface area (Å²) in [5.74, 6) is 0. The van der Waals surface area contributed by atoms with Gasteiger partial charge in [-0.15, -0.1) is 0 Å². The van der Waals surface area contributed by atoms with Crippen LogP contribution in [0.3, 0.4) is 0 Å². The Morgan fingerprint density at radius 2 is 1.31 bits per heavy atom. The molecular formula is C7H12N2S4. The molecule has 0 bridgehead atoms. The molecule has 13 heavy (non-hydrogen) atoms. The molecule has 1 aliphatic heterocycles. The summed E-state index contributed by atoms with van der Waals surface area (Å²) in [6.45, 7) is 1.97. The van der Waals surface area contributed by atoms with E-state index in [4.69, 9.17) is 24.4 Å². The van der Waals surface area contributed by atoms with E-state index in [1.807, 2.05) is 0 Å². The van der Waals surface area contributed by atoms with Crippen LogP contribution in [0.2, 0.25) is 0 Å². The fourth-order valence-corrected chi connectivity index (χ4v) is 3.04. The standard InChI is InChI=1S/C7H12N2S4/c10-6-8-4-2-1-3-5-9-7(11)13-12-6/h1-5H2,(H,8,10)(H,9,11). The van der Waals surface area contributed by atoms with E-state index in [1.165, 1.54) is 40.9 Å². The number of thiocarbonyl (C=S) groups is 2. The van der Waals surface area contributed by atoms with Gasteiger partial charge in [-0.05, 0) is 40.9 Å². The number of hydrogen-bond donors (Lipinski definition) is 2. The van der Waals surface area contributed by atoms with E-state index in [-0.39, 0.29) is 0 Å². The van der Waals surface area contributed by atoms with Crippen molar-refractivity contribution in [1.29, 1.82) is 0 Å². The zero-order valence-corrected chi connectivity index (χ0v) is 10.4. The van der Waals surface area contributed by atoms with Crippen molar-refractivity contribution in [3.63, 3.8) is 0 Å². The van der Waals surface area contributed by atoms with Gasteiger partial charge in [0.15, 0.2) is 0 Å². The summed E-state index contributed by atoms with van der Waals surface area (Å²) in [5, 5.41) is 6.37. The molecule has 0 unspecified atom stereocenters. The molecule has 1 rings (SSSR count). The van der Waals surface area contributed by atoms with Crippen LogP contribution in [0.15, 0.2) is 0 Å². The van der Waals surface area contributed by atoms with Crippen molar-refractivity contribution < 1.29 is 0 Å². The molecule has 0 spiro atoms. The third-order valence-corrected chi connectivity index (χ3v) is 4.93. The number of hydrogen-bond acceptors (Lipinski definition) is 4. The maximum atomic E-state index is 5.10. The molecule has 0 aromatic carbocycles. The Kier molecular flexibility index (Phi) is 6.10. The second-order valence-electron chi connectivity index (χ2n) is 2.66. The fraction of sp³-hybridized carbons (Fsp3) is 0.714. The largest absolute Gasteiger partial charge is 0.370 e. The normalized spacial score (nSPS) is 21.2. The zero-order chi connectivity index (χ0) is 9.52. The predicted octanol–water partition coefficient (Wildman–Crippen LogP) is 2.30. The highest BCUT2D eigenvalue weighted by Gasteiger charge is 2.03. The monoisotopic (exact) mass is 252 g/mol. The van der Waals surface area contributed by atoms with E-state index in [0.29, 0.717) is 0 Å². The van der Waals surface area contributed by atoms with E-state index in [1.54, 1.807) is 0 Å². The summed E-state index contributed by atoms with van der Waals surface area (Å²) in [6.07, 6.45) is 3.58. The molecule has 1 aliphatic rings. The molecular weight excluding hydrogens is 240 g/mol. The van der Waals surface area contributed by atoms with E-state index >= 15 is 0 Å². The quantitative estimate of drug-likeness (QED) is 0.507. The van der Waals surface area contributed by atoms with Gasteiger partial charge < -0.3 is 10.6 Å². The lowest BCUT2D eigenvalue weighted by Crippen LogP contribution is -2.19. The Morgan fingerprint density at radius 1 is 0.846 bits per heavy atom. The molecule has 2 N–H and O–H groups in total. The Balaban J connectivity index is 2.32. The molecule has 6 heteroatoms. The summed E-state index contributed by atoms with van der Waals surface area (Å²) in [5.41, 5.74) is 0. The molecule has 0 saturated carbocycles. The van der Waals surface area contributed by atoms with Gasteiger partial charge in [0.25, 0.3) is 0 Å². The Hall–Kier alpha value is 0.480. The van der Waals surface area contributed by atoms with Crippen LogP contribution in [0.4, 0.5) is 0 Å². The maximum Gasteiger partial charge on any atom is 0.144 e. The molecule has 2 nitrogen and oxygen atoms in total. The van der Waals surface area contributed by atoms with Crippen LogP contribution in [0, 0.1) is 0 Å². The minimum absolute atomic E-state index is 0.830. The molecule has 0 aliphatic carbocycles. The van der Waals surface area contributed by atoms with Crippen LogP contribution in [-0.4, -0.2) is 21.7 Å². The van der Waals surface area contributed by atoms with Crippen molar-refractivity contribution in [3.8, 4) is 0 Å². The van der Waals surface area contributed by atoms with Crippen LogP contribution >= 0.6 is 46.0 Å². The van der Waals surface area contributed by atoms with Crippen molar-refractivity contribution in [1.82, 2.24) is 10.6 Å². The molecule has 0 aromatic heterocycles. The van der Waals surface area contributed by atoms with Crippen molar-refractivity contribution in [3.05, 3.63) is 0 Å². The van der Waals surface area contributed by atoms with Gasteiger partial charge in [-0.2, -0.15) is 0 Å². The van der Waals surface area contributed by atoms with Crippen LogP contribution in [-0.2, 0) is 0 Å². The first-order valence-electron chi connectivity index (χ1n) is 4.19. The predicted molar refractivity (Wildman–Crippen MR) is 70.2 cm³/mol. The van der Waals surface area contributed by atoms with Crippen molar-refractivity contribution in [2.75, 3.05) is 13.1 Å². The fourth-order valence-electron chi connectivity index (χ4n) is 0.942. The van der Waals surface area contributed by atoms with Gasteiger partial charge in [0.2, 0.25) is 0 Å². The average Bonchev–Trinajstić information content (AvgIpc) is 2.15. The minimum atomic E-state index is 0.830. The zero-order valence-electron chi connectivity index (χ0n) is 7.17. The summed E-state index contributed by atoms with van der Waals surface area (Å²) in [4.78, 5) is 0. The maximum absolute atomic E-state index is 5.10. The second kappa shape index (κ2) is 6.86. The van der Waals surface area contributed by atoms with Gasteiger partial charge in [-0.1, -0.05) is 24.4 Å². The molecule has 1 heterocycles. The van der Waals surface area contributed by atoms with Crippen LogP contribution in [0.5, 0.6) is 0 Å². The topological polar surface area (TPSA) is 24.1 Å². The van der Waals surface area contributed by atoms with E-state index in [2.05, 4.69) is 10.6 Å². The van der Waals surface area contributed by atoms with Crippen LogP contribution in [0.25, 0.3) is 0 Å². The number of rotatable bonds is 0. The molecule has 74 valence electrons. The lowest BCUT2D eigenvalue weighted by molar-refractivity contribution is 0.658. The highest BCUT2D eigenvalue weighted by atomic mass is 33.1. The van der Waals surface area contributed by atoms with Crippen LogP contribution < -0.4 is 10.6 Å². The number of nitrogens with one attached hydrogen (secondary N) is 2. The summed E-state index contributed by atoms with van der Waals surface area (Å²) in [7, 11) is 3.05. The molecule has 1 saturated heterocycles. The van der Waals surface area contributed by atoms with Crippen LogP contribution in [0.1, 0.15) is 19.3 Å². The van der Waals surface area contributed by atoms with E-state index in [0.717, 1.165) is 21.7 Å². The van der Waals surface area contributed by atoms with Crippen molar-refractivity contribution in [2.45, 2.75) is 19.3 Å². The van der Waals surface area contributed by atoms with Gasteiger partial charge in [0.1, 0.15) is 8.64 Å². The molecule has 0 atom stereocenters. The Labute approximate surface area is 97.4 Å². The first-order chi connectivity index (χ1) is 6.29. The van der Waals surface area contributed by atoms with Gasteiger partial charge in [0, 0.05) is 13.1 Å². The van der Waals surface area contributed by atoms with E-state index in [9.17, 15) is 0 Å². The van der Waals surface area contributed by atoms with Gasteiger partial charge >= 0.3 is 0 Å². The third kappa shape index (κ3) is 5.72.